The lowest BCUT2D eigenvalue weighted by atomic mass is 10.1. The normalized spacial score (nSPS) is 12.6. The van der Waals surface area contributed by atoms with Gasteiger partial charge in [-0.15, -0.1) is 23.1 Å². The number of fused-ring (bicyclic) bond motifs is 3. The standard InChI is InChI=1S/C22H24N4O3S2.C2H2O4/c1-4-24(5-2)13-14-29-23-19-17-7-6-12-25(17)20-18(22(30-3)31-21(19)20)15-8-10-16(11-9-15)26(27)28;3-1(4)2(5)6/h6-12H,4-5,13-14H2,1-3H3;(H,3,4)(H,5,6)/b23-19-;. The first-order valence-corrected chi connectivity index (χ1v) is 13.3. The monoisotopic (exact) mass is 546 g/mol. The van der Waals surface area contributed by atoms with E-state index in [1.54, 1.807) is 35.2 Å². The van der Waals surface area contributed by atoms with Crippen molar-refractivity contribution < 1.29 is 29.6 Å². The zero-order valence-electron chi connectivity index (χ0n) is 20.4. The molecule has 37 heavy (non-hydrogen) atoms. The van der Waals surface area contributed by atoms with Crippen LogP contribution in [0.2, 0.25) is 0 Å². The summed E-state index contributed by atoms with van der Waals surface area (Å²) in [7, 11) is 0. The van der Waals surface area contributed by atoms with Gasteiger partial charge in [-0.25, -0.2) is 9.59 Å². The third-order valence-corrected chi connectivity index (χ3v) is 7.89. The van der Waals surface area contributed by atoms with Crippen LogP contribution >= 0.6 is 23.1 Å². The number of benzene rings is 1. The summed E-state index contributed by atoms with van der Waals surface area (Å²) in [5.41, 5.74) is 5.03. The Morgan fingerprint density at radius 2 is 1.81 bits per heavy atom. The van der Waals surface area contributed by atoms with Crippen LogP contribution in [0.15, 0.2) is 52.0 Å². The van der Waals surface area contributed by atoms with E-state index in [1.807, 2.05) is 36.7 Å². The van der Waals surface area contributed by atoms with Gasteiger partial charge >= 0.3 is 11.9 Å². The second-order valence-electron chi connectivity index (χ2n) is 7.62. The van der Waals surface area contributed by atoms with Crippen LogP contribution in [0, 0.1) is 10.1 Å². The van der Waals surface area contributed by atoms with Gasteiger partial charge in [0.1, 0.15) is 12.3 Å². The zero-order valence-corrected chi connectivity index (χ0v) is 22.0. The number of carboxylic acid groups (broad SMARTS) is 2. The van der Waals surface area contributed by atoms with E-state index in [2.05, 4.69) is 28.5 Å². The van der Waals surface area contributed by atoms with E-state index < -0.39 is 11.9 Å². The Balaban J connectivity index is 0.000000568. The number of aliphatic carboxylic acids is 2. The van der Waals surface area contributed by atoms with Crippen molar-refractivity contribution >= 4 is 46.4 Å². The zero-order chi connectivity index (χ0) is 27.1. The Hall–Kier alpha value is -3.68. The lowest BCUT2D eigenvalue weighted by Gasteiger charge is -2.16. The smallest absolute Gasteiger partial charge is 0.414 e. The minimum atomic E-state index is -1.82. The fraction of sp³-hybridized carbons (Fsp3) is 0.292. The molecule has 0 saturated heterocycles. The minimum absolute atomic E-state index is 0.0897. The van der Waals surface area contributed by atoms with E-state index in [0.29, 0.717) is 6.61 Å². The highest BCUT2D eigenvalue weighted by molar-refractivity contribution is 8.00. The molecule has 11 nitrogen and oxygen atoms in total. The average Bonchev–Trinajstić information content (AvgIpc) is 3.57. The summed E-state index contributed by atoms with van der Waals surface area (Å²) in [4.78, 5) is 38.0. The van der Waals surface area contributed by atoms with Gasteiger partial charge in [0.2, 0.25) is 0 Å². The van der Waals surface area contributed by atoms with Crippen molar-refractivity contribution in [3.05, 3.63) is 63.3 Å². The van der Waals surface area contributed by atoms with Gasteiger partial charge < -0.3 is 24.5 Å². The van der Waals surface area contributed by atoms with Crippen molar-refractivity contribution in [2.45, 2.75) is 18.1 Å². The molecule has 0 spiro atoms. The van der Waals surface area contributed by atoms with Crippen LogP contribution in [0.3, 0.4) is 0 Å². The summed E-state index contributed by atoms with van der Waals surface area (Å²) < 4.78 is 3.28. The molecular weight excluding hydrogens is 520 g/mol. The minimum Gasteiger partial charge on any atom is -0.473 e. The number of nitrogens with zero attached hydrogens (tertiary/aromatic N) is 4. The van der Waals surface area contributed by atoms with Gasteiger partial charge in [0.15, 0.2) is 0 Å². The number of carbonyl (C=O) groups is 2. The van der Waals surface area contributed by atoms with E-state index in [1.165, 1.54) is 0 Å². The number of non-ortho nitro benzene ring substituents is 1. The Kier molecular flexibility index (Phi) is 9.44. The number of nitro groups is 1. The average molecular weight is 547 g/mol. The van der Waals surface area contributed by atoms with E-state index in [9.17, 15) is 10.1 Å². The van der Waals surface area contributed by atoms with Crippen LogP contribution < -0.4 is 0 Å². The summed E-state index contributed by atoms with van der Waals surface area (Å²) in [6.45, 7) is 7.64. The quantitative estimate of drug-likeness (QED) is 0.102. The lowest BCUT2D eigenvalue weighted by Crippen LogP contribution is -2.26. The maximum Gasteiger partial charge on any atom is 0.414 e. The van der Waals surface area contributed by atoms with Crippen molar-refractivity contribution in [3.8, 4) is 16.8 Å². The third kappa shape index (κ3) is 6.18. The molecule has 3 aromatic rings. The van der Waals surface area contributed by atoms with Gasteiger partial charge in [-0.1, -0.05) is 19.0 Å². The molecule has 0 unspecified atom stereocenters. The number of hydrogen-bond donors (Lipinski definition) is 2. The van der Waals surface area contributed by atoms with Crippen molar-refractivity contribution in [1.82, 2.24) is 9.47 Å². The van der Waals surface area contributed by atoms with Crippen molar-refractivity contribution in [2.75, 3.05) is 32.5 Å². The Morgan fingerprint density at radius 3 is 2.35 bits per heavy atom. The van der Waals surface area contributed by atoms with E-state index >= 15 is 0 Å². The molecule has 13 heteroatoms. The molecule has 3 heterocycles. The number of thiophene rings is 1. The SMILES string of the molecule is CCN(CC)CCO/N=C1\c2sc(SC)c(-c3ccc([N+](=O)[O-])cc3)c2-n2cccc21.O=C(O)C(=O)O. The summed E-state index contributed by atoms with van der Waals surface area (Å²) in [6.07, 6.45) is 4.07. The molecular formula is C24H26N4O7S2. The Morgan fingerprint density at radius 1 is 1.16 bits per heavy atom. The molecule has 0 amide bonds. The highest BCUT2D eigenvalue weighted by atomic mass is 32.2. The summed E-state index contributed by atoms with van der Waals surface area (Å²) in [5.74, 6) is -3.65. The second kappa shape index (κ2) is 12.5. The number of hydrogen-bond acceptors (Lipinski definition) is 9. The number of thioether (sulfide) groups is 1. The molecule has 1 aliphatic heterocycles. The number of rotatable bonds is 9. The largest absolute Gasteiger partial charge is 0.473 e. The maximum absolute atomic E-state index is 11.1. The topological polar surface area (TPSA) is 148 Å². The molecule has 1 aliphatic rings. The molecule has 0 aliphatic carbocycles. The summed E-state index contributed by atoms with van der Waals surface area (Å²) >= 11 is 3.36. The van der Waals surface area contributed by atoms with Crippen molar-refractivity contribution in [1.29, 1.82) is 0 Å². The molecule has 196 valence electrons. The van der Waals surface area contributed by atoms with Crippen LogP contribution in [-0.2, 0) is 14.4 Å². The van der Waals surface area contributed by atoms with Crippen LogP contribution in [0.25, 0.3) is 16.8 Å². The molecule has 2 aromatic heterocycles. The van der Waals surface area contributed by atoms with Crippen molar-refractivity contribution in [3.63, 3.8) is 0 Å². The molecule has 0 bridgehead atoms. The molecule has 0 radical (unpaired) electrons. The molecule has 1 aromatic carbocycles. The predicted octanol–water partition coefficient (Wildman–Crippen LogP) is 4.42. The Labute approximate surface area is 221 Å². The fourth-order valence-corrected chi connectivity index (χ4v) is 5.77. The predicted molar refractivity (Wildman–Crippen MR) is 142 cm³/mol. The van der Waals surface area contributed by atoms with Crippen LogP contribution in [0.5, 0.6) is 0 Å². The Bertz CT molecular complexity index is 1300. The van der Waals surface area contributed by atoms with Crippen LogP contribution in [-0.4, -0.2) is 74.8 Å². The highest BCUT2D eigenvalue weighted by Crippen LogP contribution is 2.48. The summed E-state index contributed by atoms with van der Waals surface area (Å²) in [6, 6.07) is 10.8. The van der Waals surface area contributed by atoms with E-state index in [-0.39, 0.29) is 10.6 Å². The fourth-order valence-electron chi connectivity index (χ4n) is 3.73. The van der Waals surface area contributed by atoms with Crippen LogP contribution in [0.1, 0.15) is 24.4 Å². The molecule has 0 atom stereocenters. The highest BCUT2D eigenvalue weighted by Gasteiger charge is 2.33. The lowest BCUT2D eigenvalue weighted by molar-refractivity contribution is -0.384. The number of aromatic nitrogens is 1. The van der Waals surface area contributed by atoms with E-state index in [0.717, 1.165) is 56.9 Å². The van der Waals surface area contributed by atoms with Crippen molar-refractivity contribution in [2.24, 2.45) is 5.16 Å². The number of nitro benzene ring substituents is 1. The first kappa shape index (κ1) is 27.9. The number of oxime groups is 1. The molecule has 2 N–H and O–H groups in total. The second-order valence-corrected chi connectivity index (χ2v) is 9.72. The first-order valence-electron chi connectivity index (χ1n) is 11.3. The number of likely N-dealkylation sites (N-methyl/N-ethyl adjacent to an activating group) is 1. The third-order valence-electron chi connectivity index (χ3n) is 5.58. The summed E-state index contributed by atoms with van der Waals surface area (Å²) in [5, 5.41) is 30.4. The van der Waals surface area contributed by atoms with Gasteiger partial charge in [0, 0.05) is 30.4 Å². The molecule has 0 saturated carbocycles. The van der Waals surface area contributed by atoms with Crippen LogP contribution in [0.4, 0.5) is 5.69 Å². The maximum atomic E-state index is 11.1. The van der Waals surface area contributed by atoms with Gasteiger partial charge in [0.25, 0.3) is 5.69 Å². The van der Waals surface area contributed by atoms with Gasteiger partial charge in [-0.3, -0.25) is 10.1 Å². The molecule has 4 rings (SSSR count). The molecule has 0 fully saturated rings. The van der Waals surface area contributed by atoms with E-state index in [4.69, 9.17) is 24.6 Å². The number of carboxylic acids is 2. The van der Waals surface area contributed by atoms with Gasteiger partial charge in [-0.05, 0) is 49.2 Å². The van der Waals surface area contributed by atoms with Gasteiger partial charge in [0.05, 0.1) is 25.4 Å². The van der Waals surface area contributed by atoms with Gasteiger partial charge in [-0.2, -0.15) is 0 Å². The first-order chi connectivity index (χ1) is 17.7.